The molecule has 178 valence electrons. The molecule has 0 spiro atoms. The number of methoxy groups -OCH3 is 1. The van der Waals surface area contributed by atoms with Crippen LogP contribution >= 0.6 is 11.8 Å². The Balaban J connectivity index is 1.36. The first-order valence-electron chi connectivity index (χ1n) is 11.8. The van der Waals surface area contributed by atoms with Gasteiger partial charge >= 0.3 is 0 Å². The predicted octanol–water partition coefficient (Wildman–Crippen LogP) is 5.53. The van der Waals surface area contributed by atoms with E-state index < -0.39 is 0 Å². The van der Waals surface area contributed by atoms with E-state index >= 15 is 0 Å². The third kappa shape index (κ3) is 5.41. The highest BCUT2D eigenvalue weighted by molar-refractivity contribution is 7.98. The predicted molar refractivity (Wildman–Crippen MR) is 139 cm³/mol. The van der Waals surface area contributed by atoms with Crippen molar-refractivity contribution in [3.63, 3.8) is 0 Å². The van der Waals surface area contributed by atoms with Gasteiger partial charge in [-0.1, -0.05) is 66.4 Å². The maximum absolute atomic E-state index is 12.6. The Morgan fingerprint density at radius 3 is 2.43 bits per heavy atom. The lowest BCUT2D eigenvalue weighted by atomic mass is 10.1. The highest BCUT2D eigenvalue weighted by Gasteiger charge is 2.19. The minimum Gasteiger partial charge on any atom is -0.497 e. The molecule has 0 saturated carbocycles. The lowest BCUT2D eigenvalue weighted by Crippen LogP contribution is -2.27. The Labute approximate surface area is 210 Å². The van der Waals surface area contributed by atoms with Crippen LogP contribution in [0.15, 0.2) is 84.0 Å². The molecule has 0 unspecified atom stereocenters. The molecule has 2 heterocycles. The molecule has 0 radical (unpaired) electrons. The average molecular weight is 485 g/mol. The van der Waals surface area contributed by atoms with Gasteiger partial charge in [0.1, 0.15) is 5.75 Å². The Kier molecular flexibility index (Phi) is 7.14. The summed E-state index contributed by atoms with van der Waals surface area (Å²) in [4.78, 5) is 14.6. The van der Waals surface area contributed by atoms with E-state index in [4.69, 9.17) is 4.74 Å². The second-order valence-electron chi connectivity index (χ2n) is 8.59. The molecule has 1 amide bonds. The van der Waals surface area contributed by atoms with Crippen molar-refractivity contribution in [3.8, 4) is 17.1 Å². The van der Waals surface area contributed by atoms with Gasteiger partial charge in [0, 0.05) is 30.0 Å². The Morgan fingerprint density at radius 1 is 0.914 bits per heavy atom. The van der Waals surface area contributed by atoms with Crippen molar-refractivity contribution in [1.82, 2.24) is 19.7 Å². The molecule has 0 aliphatic carbocycles. The topological polar surface area (TPSA) is 60.3 Å². The summed E-state index contributed by atoms with van der Waals surface area (Å²) in [6.07, 6.45) is 2.20. The lowest BCUT2D eigenvalue weighted by molar-refractivity contribution is 0.0793. The minimum atomic E-state index is 0.132. The van der Waals surface area contributed by atoms with Gasteiger partial charge in [-0.05, 0) is 48.2 Å². The number of benzene rings is 3. The molecular weight excluding hydrogens is 456 g/mol. The van der Waals surface area contributed by atoms with Gasteiger partial charge in [-0.25, -0.2) is 0 Å². The molecule has 7 heteroatoms. The lowest BCUT2D eigenvalue weighted by Gasteiger charge is -2.15. The quantitative estimate of drug-likeness (QED) is 0.308. The number of carbonyl (C=O) groups excluding carboxylic acids is 1. The maximum atomic E-state index is 12.6. The number of carbonyl (C=O) groups is 1. The number of likely N-dealkylation sites (tertiary alicyclic amines) is 1. The second-order valence-corrected chi connectivity index (χ2v) is 9.54. The largest absolute Gasteiger partial charge is 0.497 e. The van der Waals surface area contributed by atoms with Crippen molar-refractivity contribution in [2.75, 3.05) is 20.2 Å². The molecule has 4 aromatic rings. The Hall–Kier alpha value is -3.58. The van der Waals surface area contributed by atoms with Crippen molar-refractivity contribution >= 4 is 17.7 Å². The van der Waals surface area contributed by atoms with Crippen molar-refractivity contribution < 1.29 is 9.53 Å². The van der Waals surface area contributed by atoms with E-state index in [1.165, 1.54) is 5.56 Å². The number of hydrogen-bond acceptors (Lipinski definition) is 5. The zero-order valence-corrected chi connectivity index (χ0v) is 20.6. The van der Waals surface area contributed by atoms with E-state index in [1.54, 1.807) is 18.9 Å². The number of thioether (sulfide) groups is 1. The van der Waals surface area contributed by atoms with E-state index in [0.717, 1.165) is 65.1 Å². The van der Waals surface area contributed by atoms with Gasteiger partial charge in [-0.15, -0.1) is 10.2 Å². The van der Waals surface area contributed by atoms with Gasteiger partial charge in [-0.3, -0.25) is 9.36 Å². The second kappa shape index (κ2) is 10.8. The Morgan fingerprint density at radius 2 is 1.69 bits per heavy atom. The number of amides is 1. The fourth-order valence-electron chi connectivity index (χ4n) is 4.27. The molecule has 1 aliphatic heterocycles. The standard InChI is InChI=1S/C28H28N4O2S/c1-34-25-11-7-10-24(18-25)26-29-30-28(32(26)19-21-8-3-2-4-9-21)35-20-22-12-14-23(15-13-22)27(33)31-16-5-6-17-31/h2-4,7-15,18H,5-6,16-17,19-20H2,1H3. The first-order valence-corrected chi connectivity index (χ1v) is 12.8. The molecular formula is C28H28N4O2S. The summed E-state index contributed by atoms with van der Waals surface area (Å²) in [5.41, 5.74) is 4.05. The van der Waals surface area contributed by atoms with E-state index in [2.05, 4.69) is 26.9 Å². The van der Waals surface area contributed by atoms with Crippen molar-refractivity contribution in [2.45, 2.75) is 30.3 Å². The highest BCUT2D eigenvalue weighted by atomic mass is 32.2. The molecule has 1 saturated heterocycles. The number of hydrogen-bond donors (Lipinski definition) is 0. The summed E-state index contributed by atoms with van der Waals surface area (Å²) in [6.45, 7) is 2.40. The van der Waals surface area contributed by atoms with Crippen LogP contribution in [0.5, 0.6) is 5.75 Å². The molecule has 6 nitrogen and oxygen atoms in total. The van der Waals surface area contributed by atoms with Gasteiger partial charge in [0.2, 0.25) is 0 Å². The monoisotopic (exact) mass is 484 g/mol. The molecule has 0 N–H and O–H groups in total. The van der Waals surface area contributed by atoms with Gasteiger partial charge in [-0.2, -0.15) is 0 Å². The van der Waals surface area contributed by atoms with E-state index in [1.807, 2.05) is 71.6 Å². The van der Waals surface area contributed by atoms with Crippen LogP contribution in [0.2, 0.25) is 0 Å². The zero-order valence-electron chi connectivity index (χ0n) is 19.8. The summed E-state index contributed by atoms with van der Waals surface area (Å²) < 4.78 is 7.57. The summed E-state index contributed by atoms with van der Waals surface area (Å²) in [5.74, 6) is 2.46. The number of ether oxygens (including phenoxy) is 1. The smallest absolute Gasteiger partial charge is 0.253 e. The molecule has 35 heavy (non-hydrogen) atoms. The SMILES string of the molecule is COc1cccc(-c2nnc(SCc3ccc(C(=O)N4CCCC4)cc3)n2Cc2ccccc2)c1. The van der Waals surface area contributed by atoms with Gasteiger partial charge < -0.3 is 9.64 Å². The van der Waals surface area contributed by atoms with Crippen LogP contribution in [0, 0.1) is 0 Å². The van der Waals surface area contributed by atoms with Crippen LogP contribution in [-0.4, -0.2) is 45.8 Å². The van der Waals surface area contributed by atoms with Crippen molar-refractivity contribution in [1.29, 1.82) is 0 Å². The van der Waals surface area contributed by atoms with E-state index in [9.17, 15) is 4.79 Å². The van der Waals surface area contributed by atoms with E-state index in [0.29, 0.717) is 6.54 Å². The van der Waals surface area contributed by atoms with Crippen LogP contribution in [-0.2, 0) is 12.3 Å². The molecule has 3 aromatic carbocycles. The summed E-state index contributed by atoms with van der Waals surface area (Å²) in [6, 6.07) is 26.2. The first kappa shape index (κ1) is 23.2. The van der Waals surface area contributed by atoms with Crippen LogP contribution in [0.1, 0.15) is 34.3 Å². The third-order valence-corrected chi connectivity index (χ3v) is 7.23. The first-order chi connectivity index (χ1) is 17.2. The molecule has 0 atom stereocenters. The zero-order chi connectivity index (χ0) is 24.0. The minimum absolute atomic E-state index is 0.132. The van der Waals surface area contributed by atoms with Crippen LogP contribution < -0.4 is 4.74 Å². The van der Waals surface area contributed by atoms with Gasteiger partial charge in [0.25, 0.3) is 5.91 Å². The molecule has 5 rings (SSSR count). The molecule has 1 fully saturated rings. The molecule has 1 aliphatic rings. The van der Waals surface area contributed by atoms with Crippen LogP contribution in [0.4, 0.5) is 0 Å². The highest BCUT2D eigenvalue weighted by Crippen LogP contribution is 2.29. The third-order valence-electron chi connectivity index (χ3n) is 6.19. The van der Waals surface area contributed by atoms with E-state index in [-0.39, 0.29) is 5.91 Å². The average Bonchev–Trinajstić information content (AvgIpc) is 3.59. The van der Waals surface area contributed by atoms with Crippen molar-refractivity contribution in [3.05, 3.63) is 95.6 Å². The fraction of sp³-hybridized carbons (Fsp3) is 0.250. The number of nitrogens with zero attached hydrogens (tertiary/aromatic N) is 4. The summed E-state index contributed by atoms with van der Waals surface area (Å²) >= 11 is 1.65. The summed E-state index contributed by atoms with van der Waals surface area (Å²) in [7, 11) is 1.67. The molecule has 0 bridgehead atoms. The number of aromatic nitrogens is 3. The van der Waals surface area contributed by atoms with Gasteiger partial charge in [0.15, 0.2) is 11.0 Å². The fourth-order valence-corrected chi connectivity index (χ4v) is 5.17. The van der Waals surface area contributed by atoms with Gasteiger partial charge in [0.05, 0.1) is 13.7 Å². The van der Waals surface area contributed by atoms with Crippen LogP contribution in [0.3, 0.4) is 0 Å². The van der Waals surface area contributed by atoms with Crippen molar-refractivity contribution in [2.24, 2.45) is 0 Å². The summed E-state index contributed by atoms with van der Waals surface area (Å²) in [5, 5.41) is 9.92. The normalized spacial score (nSPS) is 13.2. The maximum Gasteiger partial charge on any atom is 0.253 e. The van der Waals surface area contributed by atoms with Crippen LogP contribution in [0.25, 0.3) is 11.4 Å². The Bertz CT molecular complexity index is 1280. The number of rotatable bonds is 8. The molecule has 1 aromatic heterocycles.